The third-order valence-corrected chi connectivity index (χ3v) is 3.58. The van der Waals surface area contributed by atoms with E-state index in [-0.39, 0.29) is 6.42 Å². The van der Waals surface area contributed by atoms with E-state index in [4.69, 9.17) is 0 Å². The molecule has 0 N–H and O–H groups in total. The number of allylic oxidation sites excluding steroid dienone is 2. The number of hydrogen-bond acceptors (Lipinski definition) is 0. The van der Waals surface area contributed by atoms with E-state index in [0.29, 0.717) is 12.3 Å². The first-order chi connectivity index (χ1) is 8.46. The van der Waals surface area contributed by atoms with E-state index in [2.05, 4.69) is 31.2 Å². The molecule has 0 saturated carbocycles. The SMILES string of the molecule is C[C@@H](CCC(C)(F)F)CC1=CCc2ccccc21. The molecule has 98 valence electrons. The zero-order valence-electron chi connectivity index (χ0n) is 11.0. The first-order valence-corrected chi connectivity index (χ1v) is 6.61. The van der Waals surface area contributed by atoms with Crippen molar-refractivity contribution in [1.82, 2.24) is 0 Å². The van der Waals surface area contributed by atoms with E-state index in [1.54, 1.807) is 0 Å². The van der Waals surface area contributed by atoms with Gasteiger partial charge in [-0.2, -0.15) is 0 Å². The Balaban J connectivity index is 1.92. The van der Waals surface area contributed by atoms with Crippen LogP contribution in [0.15, 0.2) is 30.3 Å². The summed E-state index contributed by atoms with van der Waals surface area (Å²) in [5, 5.41) is 0. The van der Waals surface area contributed by atoms with Crippen LogP contribution in [0.5, 0.6) is 0 Å². The second-order valence-electron chi connectivity index (χ2n) is 5.51. The number of alkyl halides is 2. The molecular weight excluding hydrogens is 230 g/mol. The predicted molar refractivity (Wildman–Crippen MR) is 71.8 cm³/mol. The van der Waals surface area contributed by atoms with Crippen LogP contribution in [0.1, 0.15) is 44.2 Å². The molecule has 0 unspecified atom stereocenters. The van der Waals surface area contributed by atoms with Gasteiger partial charge >= 0.3 is 0 Å². The molecule has 0 spiro atoms. The van der Waals surface area contributed by atoms with Crippen molar-refractivity contribution in [2.45, 2.75) is 45.5 Å². The Morgan fingerprint density at radius 3 is 2.72 bits per heavy atom. The maximum Gasteiger partial charge on any atom is 0.245 e. The highest BCUT2D eigenvalue weighted by Crippen LogP contribution is 2.34. The summed E-state index contributed by atoms with van der Waals surface area (Å²) in [6, 6.07) is 8.37. The van der Waals surface area contributed by atoms with Gasteiger partial charge in [0.05, 0.1) is 0 Å². The Morgan fingerprint density at radius 1 is 1.28 bits per heavy atom. The minimum absolute atomic E-state index is 0.0108. The van der Waals surface area contributed by atoms with E-state index in [0.717, 1.165) is 19.8 Å². The summed E-state index contributed by atoms with van der Waals surface area (Å²) in [5.41, 5.74) is 4.01. The molecular formula is C16H20F2. The summed E-state index contributed by atoms with van der Waals surface area (Å²) in [5.74, 6) is -2.22. The van der Waals surface area contributed by atoms with Crippen molar-refractivity contribution >= 4 is 5.57 Å². The van der Waals surface area contributed by atoms with E-state index < -0.39 is 5.92 Å². The summed E-state index contributed by atoms with van der Waals surface area (Å²) in [6.07, 6.45) is 4.71. The summed E-state index contributed by atoms with van der Waals surface area (Å²) >= 11 is 0. The van der Waals surface area contributed by atoms with Gasteiger partial charge in [0.1, 0.15) is 0 Å². The van der Waals surface area contributed by atoms with Crippen molar-refractivity contribution in [3.63, 3.8) is 0 Å². The summed E-state index contributed by atoms with van der Waals surface area (Å²) < 4.78 is 25.6. The minimum Gasteiger partial charge on any atom is -0.207 e. The summed E-state index contributed by atoms with van der Waals surface area (Å²) in [6.45, 7) is 3.07. The zero-order chi connectivity index (χ0) is 13.2. The molecule has 0 radical (unpaired) electrons. The minimum atomic E-state index is -2.53. The second-order valence-corrected chi connectivity index (χ2v) is 5.51. The highest BCUT2D eigenvalue weighted by atomic mass is 19.3. The van der Waals surface area contributed by atoms with Gasteiger partial charge in [-0.15, -0.1) is 0 Å². The smallest absolute Gasteiger partial charge is 0.207 e. The Morgan fingerprint density at radius 2 is 2.00 bits per heavy atom. The number of rotatable bonds is 5. The Hall–Kier alpha value is -1.18. The van der Waals surface area contributed by atoms with Crippen LogP contribution in [-0.2, 0) is 6.42 Å². The molecule has 0 nitrogen and oxygen atoms in total. The number of fused-ring (bicyclic) bond motifs is 1. The van der Waals surface area contributed by atoms with Gasteiger partial charge in [0.2, 0.25) is 5.92 Å². The van der Waals surface area contributed by atoms with Crippen molar-refractivity contribution in [3.05, 3.63) is 41.5 Å². The van der Waals surface area contributed by atoms with Crippen LogP contribution < -0.4 is 0 Å². The lowest BCUT2D eigenvalue weighted by Crippen LogP contribution is -2.11. The second kappa shape index (κ2) is 5.21. The highest BCUT2D eigenvalue weighted by molar-refractivity contribution is 5.73. The first kappa shape index (κ1) is 13.3. The van der Waals surface area contributed by atoms with Gasteiger partial charge in [-0.1, -0.05) is 37.3 Å². The lowest BCUT2D eigenvalue weighted by molar-refractivity contribution is 0.00740. The molecule has 2 rings (SSSR count). The quantitative estimate of drug-likeness (QED) is 0.683. The van der Waals surface area contributed by atoms with Crippen LogP contribution in [0, 0.1) is 5.92 Å². The lowest BCUT2D eigenvalue weighted by atomic mass is 9.92. The molecule has 1 aliphatic carbocycles. The third kappa shape index (κ3) is 3.41. The largest absolute Gasteiger partial charge is 0.245 e. The van der Waals surface area contributed by atoms with Crippen molar-refractivity contribution in [3.8, 4) is 0 Å². The molecule has 0 aliphatic heterocycles. The van der Waals surface area contributed by atoms with Crippen LogP contribution in [0.3, 0.4) is 0 Å². The van der Waals surface area contributed by atoms with Crippen molar-refractivity contribution in [2.24, 2.45) is 5.92 Å². The molecule has 0 bridgehead atoms. The third-order valence-electron chi connectivity index (χ3n) is 3.58. The molecule has 1 aromatic rings. The van der Waals surface area contributed by atoms with E-state index >= 15 is 0 Å². The number of benzene rings is 1. The first-order valence-electron chi connectivity index (χ1n) is 6.61. The average Bonchev–Trinajstić information content (AvgIpc) is 2.70. The normalized spacial score (nSPS) is 16.3. The van der Waals surface area contributed by atoms with Crippen molar-refractivity contribution in [2.75, 3.05) is 0 Å². The Kier molecular flexibility index (Phi) is 3.84. The van der Waals surface area contributed by atoms with Gasteiger partial charge in [-0.05, 0) is 48.8 Å². The monoisotopic (exact) mass is 250 g/mol. The lowest BCUT2D eigenvalue weighted by Gasteiger charge is -2.16. The average molecular weight is 250 g/mol. The Bertz CT molecular complexity index is 441. The molecule has 1 atom stereocenters. The Labute approximate surface area is 108 Å². The summed E-state index contributed by atoms with van der Waals surface area (Å²) in [7, 11) is 0. The molecule has 0 saturated heterocycles. The zero-order valence-corrected chi connectivity index (χ0v) is 11.0. The molecule has 1 aromatic carbocycles. The molecule has 1 aliphatic rings. The molecule has 2 heteroatoms. The predicted octanol–water partition coefficient (Wildman–Crippen LogP) is 5.09. The van der Waals surface area contributed by atoms with Crippen LogP contribution >= 0.6 is 0 Å². The topological polar surface area (TPSA) is 0 Å². The van der Waals surface area contributed by atoms with Crippen LogP contribution in [-0.4, -0.2) is 5.92 Å². The molecule has 0 fully saturated rings. The van der Waals surface area contributed by atoms with Gasteiger partial charge in [-0.3, -0.25) is 0 Å². The molecule has 0 heterocycles. The van der Waals surface area contributed by atoms with Gasteiger partial charge in [-0.25, -0.2) is 8.78 Å². The molecule has 18 heavy (non-hydrogen) atoms. The van der Waals surface area contributed by atoms with E-state index in [9.17, 15) is 8.78 Å². The summed E-state index contributed by atoms with van der Waals surface area (Å²) in [4.78, 5) is 0. The number of hydrogen-bond donors (Lipinski definition) is 0. The van der Waals surface area contributed by atoms with E-state index in [1.165, 1.54) is 16.7 Å². The van der Waals surface area contributed by atoms with Gasteiger partial charge in [0, 0.05) is 6.42 Å². The van der Waals surface area contributed by atoms with Gasteiger partial charge in [0.25, 0.3) is 0 Å². The van der Waals surface area contributed by atoms with Gasteiger partial charge in [0.15, 0.2) is 0 Å². The maximum absolute atomic E-state index is 12.8. The van der Waals surface area contributed by atoms with Crippen molar-refractivity contribution < 1.29 is 8.78 Å². The molecule has 0 aromatic heterocycles. The van der Waals surface area contributed by atoms with Crippen molar-refractivity contribution in [1.29, 1.82) is 0 Å². The van der Waals surface area contributed by atoms with Crippen LogP contribution in [0.2, 0.25) is 0 Å². The standard InChI is InChI=1S/C16H20F2/c1-12(9-10-16(2,17)18)11-14-8-7-13-5-3-4-6-15(13)14/h3-6,8,12H,7,9-11H2,1-2H3/t12-/m0/s1. The number of halogens is 2. The fourth-order valence-corrected chi connectivity index (χ4v) is 2.53. The maximum atomic E-state index is 12.8. The molecule has 0 amide bonds. The highest BCUT2D eigenvalue weighted by Gasteiger charge is 2.23. The van der Waals surface area contributed by atoms with E-state index in [1.807, 2.05) is 6.07 Å². The fourth-order valence-electron chi connectivity index (χ4n) is 2.53. The van der Waals surface area contributed by atoms with Crippen LogP contribution in [0.25, 0.3) is 5.57 Å². The van der Waals surface area contributed by atoms with Crippen LogP contribution in [0.4, 0.5) is 8.78 Å². The van der Waals surface area contributed by atoms with Gasteiger partial charge < -0.3 is 0 Å². The fraction of sp³-hybridized carbons (Fsp3) is 0.500.